The molecule has 0 fully saturated rings. The van der Waals surface area contributed by atoms with E-state index in [1.54, 1.807) is 22.9 Å². The Morgan fingerprint density at radius 3 is 2.88 bits per heavy atom. The smallest absolute Gasteiger partial charge is 0.204 e. The molecule has 3 aromatic heterocycles. The van der Waals surface area contributed by atoms with Gasteiger partial charge >= 0.3 is 0 Å². The fourth-order valence-corrected chi connectivity index (χ4v) is 1.82. The summed E-state index contributed by atoms with van der Waals surface area (Å²) in [5, 5.41) is 8.50. The molecule has 0 bridgehead atoms. The van der Waals surface area contributed by atoms with Gasteiger partial charge in [-0.15, -0.1) is 10.2 Å². The number of hydrogen-bond acceptors (Lipinski definition) is 4. The minimum absolute atomic E-state index is 0.266. The normalized spacial score (nSPS) is 11.1. The van der Waals surface area contributed by atoms with Crippen LogP contribution in [0, 0.1) is 0 Å². The number of fused-ring (bicyclic) bond motifs is 1. The molecule has 0 N–H and O–H groups in total. The molecule has 7 heteroatoms. The van der Waals surface area contributed by atoms with Crippen molar-refractivity contribution in [2.24, 2.45) is 0 Å². The number of halogens is 2. The SMILES string of the molecule is Clc1occc1-c1nnc2c(Cl)nccn12. The van der Waals surface area contributed by atoms with Crippen molar-refractivity contribution in [1.29, 1.82) is 0 Å². The van der Waals surface area contributed by atoms with Crippen LogP contribution in [0.3, 0.4) is 0 Å². The average Bonchev–Trinajstić information content (AvgIpc) is 2.84. The average molecular weight is 255 g/mol. The third kappa shape index (κ3) is 1.29. The van der Waals surface area contributed by atoms with Gasteiger partial charge in [0.2, 0.25) is 5.22 Å². The van der Waals surface area contributed by atoms with Crippen LogP contribution in [0.5, 0.6) is 0 Å². The topological polar surface area (TPSA) is 56.2 Å². The van der Waals surface area contributed by atoms with Crippen LogP contribution in [0.15, 0.2) is 29.1 Å². The van der Waals surface area contributed by atoms with Crippen LogP contribution >= 0.6 is 23.2 Å². The predicted molar refractivity (Wildman–Crippen MR) is 58.5 cm³/mol. The van der Waals surface area contributed by atoms with Crippen LogP contribution in [0.25, 0.3) is 17.0 Å². The van der Waals surface area contributed by atoms with E-state index in [4.69, 9.17) is 27.6 Å². The molecule has 0 aliphatic heterocycles. The van der Waals surface area contributed by atoms with E-state index in [2.05, 4.69) is 15.2 Å². The summed E-state index contributed by atoms with van der Waals surface area (Å²) in [5.74, 6) is 0.568. The molecule has 0 unspecified atom stereocenters. The first kappa shape index (κ1) is 9.62. The van der Waals surface area contributed by atoms with Gasteiger partial charge in [-0.05, 0) is 17.7 Å². The Morgan fingerprint density at radius 1 is 1.25 bits per heavy atom. The van der Waals surface area contributed by atoms with E-state index in [1.807, 2.05) is 0 Å². The zero-order valence-corrected chi connectivity index (χ0v) is 9.27. The molecule has 0 radical (unpaired) electrons. The fraction of sp³-hybridized carbons (Fsp3) is 0. The maximum Gasteiger partial charge on any atom is 0.204 e. The number of nitrogens with zero attached hydrogens (tertiary/aromatic N) is 4. The van der Waals surface area contributed by atoms with E-state index in [0.29, 0.717) is 22.2 Å². The first-order valence-corrected chi connectivity index (χ1v) is 5.11. The van der Waals surface area contributed by atoms with Gasteiger partial charge in [0.15, 0.2) is 16.6 Å². The second kappa shape index (κ2) is 3.47. The van der Waals surface area contributed by atoms with Crippen molar-refractivity contribution in [3.63, 3.8) is 0 Å². The summed E-state index contributed by atoms with van der Waals surface area (Å²) in [5.41, 5.74) is 1.15. The Hall–Kier alpha value is -1.59. The van der Waals surface area contributed by atoms with Gasteiger partial charge in [0.1, 0.15) is 0 Å². The summed E-state index contributed by atoms with van der Waals surface area (Å²) in [6, 6.07) is 1.72. The highest BCUT2D eigenvalue weighted by atomic mass is 35.5. The Balaban J connectivity index is 2.34. The Bertz CT molecular complexity index is 660. The van der Waals surface area contributed by atoms with E-state index < -0.39 is 0 Å². The van der Waals surface area contributed by atoms with Gasteiger partial charge < -0.3 is 4.42 Å². The van der Waals surface area contributed by atoms with Gasteiger partial charge in [0.05, 0.1) is 11.8 Å². The minimum atomic E-state index is 0.266. The van der Waals surface area contributed by atoms with Gasteiger partial charge in [-0.1, -0.05) is 11.6 Å². The molecule has 3 aromatic rings. The molecule has 0 aliphatic carbocycles. The fourth-order valence-electron chi connectivity index (χ4n) is 1.43. The number of rotatable bonds is 1. The van der Waals surface area contributed by atoms with E-state index in [-0.39, 0.29) is 5.22 Å². The summed E-state index contributed by atoms with van der Waals surface area (Å²) in [7, 11) is 0. The van der Waals surface area contributed by atoms with Gasteiger partial charge in [-0.3, -0.25) is 4.40 Å². The van der Waals surface area contributed by atoms with Crippen LogP contribution in [0.2, 0.25) is 10.4 Å². The monoisotopic (exact) mass is 254 g/mol. The molecule has 3 heterocycles. The van der Waals surface area contributed by atoms with Crippen molar-refractivity contribution < 1.29 is 4.42 Å². The molecular formula is C9H4Cl2N4O. The maximum atomic E-state index is 5.88. The summed E-state index contributed by atoms with van der Waals surface area (Å²) in [4.78, 5) is 3.91. The molecule has 0 atom stereocenters. The molecule has 0 aliphatic rings. The molecule has 0 saturated heterocycles. The van der Waals surface area contributed by atoms with E-state index >= 15 is 0 Å². The third-order valence-corrected chi connectivity index (χ3v) is 2.70. The molecule has 0 saturated carbocycles. The van der Waals surface area contributed by atoms with Gasteiger partial charge in [-0.25, -0.2) is 4.98 Å². The van der Waals surface area contributed by atoms with Crippen LogP contribution in [0.4, 0.5) is 0 Å². The lowest BCUT2D eigenvalue weighted by atomic mass is 10.3. The number of hydrogen-bond donors (Lipinski definition) is 0. The van der Waals surface area contributed by atoms with Crippen molar-refractivity contribution >= 4 is 28.8 Å². The molecule has 0 aromatic carbocycles. The summed E-state index contributed by atoms with van der Waals surface area (Å²) in [6.07, 6.45) is 4.76. The summed E-state index contributed by atoms with van der Waals surface area (Å²) >= 11 is 11.8. The lowest BCUT2D eigenvalue weighted by Crippen LogP contribution is -1.90. The maximum absolute atomic E-state index is 5.88. The third-order valence-electron chi connectivity index (χ3n) is 2.14. The molecule has 16 heavy (non-hydrogen) atoms. The molecule has 3 rings (SSSR count). The molecule has 0 amide bonds. The minimum Gasteiger partial charge on any atom is -0.452 e. The van der Waals surface area contributed by atoms with Crippen LogP contribution in [-0.4, -0.2) is 19.6 Å². The molecule has 80 valence electrons. The lowest BCUT2D eigenvalue weighted by Gasteiger charge is -1.97. The largest absolute Gasteiger partial charge is 0.452 e. The Labute approximate surface area is 99.6 Å². The van der Waals surface area contributed by atoms with Crippen LogP contribution in [-0.2, 0) is 0 Å². The Morgan fingerprint density at radius 2 is 2.12 bits per heavy atom. The van der Waals surface area contributed by atoms with Crippen LogP contribution in [0.1, 0.15) is 0 Å². The zero-order chi connectivity index (χ0) is 11.1. The van der Waals surface area contributed by atoms with Crippen molar-refractivity contribution in [2.45, 2.75) is 0 Å². The molecule has 0 spiro atoms. The Kier molecular flexibility index (Phi) is 2.08. The van der Waals surface area contributed by atoms with Crippen molar-refractivity contribution in [3.05, 3.63) is 35.1 Å². The first-order chi connectivity index (χ1) is 7.77. The molecule has 5 nitrogen and oxygen atoms in total. The number of aromatic nitrogens is 4. The van der Waals surface area contributed by atoms with Gasteiger partial charge in [-0.2, -0.15) is 0 Å². The first-order valence-electron chi connectivity index (χ1n) is 4.36. The summed E-state index contributed by atoms with van der Waals surface area (Å²) in [6.45, 7) is 0. The second-order valence-electron chi connectivity index (χ2n) is 3.04. The van der Waals surface area contributed by atoms with E-state index in [1.165, 1.54) is 6.26 Å². The zero-order valence-electron chi connectivity index (χ0n) is 7.76. The van der Waals surface area contributed by atoms with Gasteiger partial charge in [0.25, 0.3) is 0 Å². The standard InChI is InChI=1S/C9H4Cl2N4O/c10-6-9-14-13-8(15(9)3-2-12-6)5-1-4-16-7(5)11/h1-4H. The lowest BCUT2D eigenvalue weighted by molar-refractivity contribution is 0.570. The second-order valence-corrected chi connectivity index (χ2v) is 3.74. The predicted octanol–water partition coefficient (Wildman–Crippen LogP) is 2.69. The van der Waals surface area contributed by atoms with Crippen molar-refractivity contribution in [3.8, 4) is 11.4 Å². The summed E-state index contributed by atoms with van der Waals surface area (Å²) < 4.78 is 6.70. The van der Waals surface area contributed by atoms with E-state index in [9.17, 15) is 0 Å². The van der Waals surface area contributed by atoms with Gasteiger partial charge in [0, 0.05) is 12.4 Å². The highest BCUT2D eigenvalue weighted by Crippen LogP contribution is 2.28. The van der Waals surface area contributed by atoms with Crippen molar-refractivity contribution in [1.82, 2.24) is 19.6 Å². The molecular weight excluding hydrogens is 251 g/mol. The highest BCUT2D eigenvalue weighted by molar-refractivity contribution is 6.32. The van der Waals surface area contributed by atoms with Crippen LogP contribution < -0.4 is 0 Å². The van der Waals surface area contributed by atoms with Crippen molar-refractivity contribution in [2.75, 3.05) is 0 Å². The van der Waals surface area contributed by atoms with E-state index in [0.717, 1.165) is 0 Å². The number of furan rings is 1. The quantitative estimate of drug-likeness (QED) is 0.670. The highest BCUT2D eigenvalue weighted by Gasteiger charge is 2.15.